The minimum Gasteiger partial charge on any atom is -0.392 e. The van der Waals surface area contributed by atoms with Gasteiger partial charge in [0.1, 0.15) is 0 Å². The maximum Gasteiger partial charge on any atom is 0.0681 e. The fourth-order valence-electron chi connectivity index (χ4n) is 3.39. The SMILES string of the molecule is CN(C)c1cccc(C2CCCN2Cc2ccc(CO)cc2)c1. The van der Waals surface area contributed by atoms with Gasteiger partial charge in [0.05, 0.1) is 6.61 Å². The minimum atomic E-state index is 0.115. The van der Waals surface area contributed by atoms with E-state index in [1.807, 2.05) is 12.1 Å². The van der Waals surface area contributed by atoms with Gasteiger partial charge in [-0.05, 0) is 48.2 Å². The molecule has 1 fully saturated rings. The molecule has 3 heteroatoms. The summed E-state index contributed by atoms with van der Waals surface area (Å²) in [5.41, 5.74) is 4.98. The Morgan fingerprint density at radius 2 is 1.83 bits per heavy atom. The van der Waals surface area contributed by atoms with Gasteiger partial charge in [0, 0.05) is 32.4 Å². The number of anilines is 1. The van der Waals surface area contributed by atoms with Gasteiger partial charge in [0.25, 0.3) is 0 Å². The molecule has 1 saturated heterocycles. The summed E-state index contributed by atoms with van der Waals surface area (Å²) in [7, 11) is 4.18. The summed E-state index contributed by atoms with van der Waals surface area (Å²) in [6.07, 6.45) is 2.48. The molecule has 3 rings (SSSR count). The maximum absolute atomic E-state index is 9.16. The van der Waals surface area contributed by atoms with Crippen molar-refractivity contribution in [2.45, 2.75) is 32.0 Å². The fraction of sp³-hybridized carbons (Fsp3) is 0.400. The van der Waals surface area contributed by atoms with E-state index in [4.69, 9.17) is 5.11 Å². The highest BCUT2D eigenvalue weighted by Gasteiger charge is 2.26. The molecule has 1 unspecified atom stereocenters. The van der Waals surface area contributed by atoms with Crippen LogP contribution in [0.5, 0.6) is 0 Å². The van der Waals surface area contributed by atoms with Crippen LogP contribution in [0.4, 0.5) is 5.69 Å². The number of hydrogen-bond donors (Lipinski definition) is 1. The first kappa shape index (κ1) is 16.0. The average molecular weight is 310 g/mol. The molecule has 1 atom stereocenters. The molecule has 3 nitrogen and oxygen atoms in total. The highest BCUT2D eigenvalue weighted by molar-refractivity contribution is 5.48. The molecule has 1 aliphatic heterocycles. The van der Waals surface area contributed by atoms with E-state index >= 15 is 0 Å². The molecule has 122 valence electrons. The van der Waals surface area contributed by atoms with Gasteiger partial charge < -0.3 is 10.0 Å². The second kappa shape index (κ2) is 7.16. The predicted molar refractivity (Wildman–Crippen MR) is 95.5 cm³/mol. The van der Waals surface area contributed by atoms with Crippen molar-refractivity contribution < 1.29 is 5.11 Å². The van der Waals surface area contributed by atoms with Crippen molar-refractivity contribution in [2.24, 2.45) is 0 Å². The standard InChI is InChI=1S/C20H26N2O/c1-21(2)19-6-3-5-18(13-19)20-7-4-12-22(20)14-16-8-10-17(15-23)11-9-16/h3,5-6,8-11,13,20,23H,4,7,12,14-15H2,1-2H3. The molecule has 1 heterocycles. The lowest BCUT2D eigenvalue weighted by atomic mass is 10.0. The number of benzene rings is 2. The van der Waals surface area contributed by atoms with E-state index < -0.39 is 0 Å². The third-order valence-electron chi connectivity index (χ3n) is 4.73. The molecule has 2 aromatic carbocycles. The highest BCUT2D eigenvalue weighted by Crippen LogP contribution is 2.34. The summed E-state index contributed by atoms with van der Waals surface area (Å²) < 4.78 is 0. The summed E-state index contributed by atoms with van der Waals surface area (Å²) in [5.74, 6) is 0. The van der Waals surface area contributed by atoms with Crippen LogP contribution >= 0.6 is 0 Å². The number of nitrogens with zero attached hydrogens (tertiary/aromatic N) is 2. The Morgan fingerprint density at radius 3 is 2.52 bits per heavy atom. The average Bonchev–Trinajstić information content (AvgIpc) is 3.04. The number of aliphatic hydroxyl groups excluding tert-OH is 1. The van der Waals surface area contributed by atoms with Crippen LogP contribution in [0, 0.1) is 0 Å². The van der Waals surface area contributed by atoms with Crippen LogP contribution in [0.3, 0.4) is 0 Å². The molecule has 0 aliphatic carbocycles. The van der Waals surface area contributed by atoms with Gasteiger partial charge in [-0.1, -0.05) is 36.4 Å². The predicted octanol–water partition coefficient (Wildman–Crippen LogP) is 3.58. The van der Waals surface area contributed by atoms with Crippen LogP contribution in [0.25, 0.3) is 0 Å². The Morgan fingerprint density at radius 1 is 1.09 bits per heavy atom. The maximum atomic E-state index is 9.16. The van der Waals surface area contributed by atoms with Crippen LogP contribution in [0.1, 0.15) is 35.6 Å². The largest absolute Gasteiger partial charge is 0.392 e. The first-order valence-electron chi connectivity index (χ1n) is 8.37. The first-order chi connectivity index (χ1) is 11.2. The Labute approximate surface area is 139 Å². The topological polar surface area (TPSA) is 26.7 Å². The molecule has 0 aromatic heterocycles. The summed E-state index contributed by atoms with van der Waals surface area (Å²) >= 11 is 0. The lowest BCUT2D eigenvalue weighted by Crippen LogP contribution is -2.23. The smallest absolute Gasteiger partial charge is 0.0681 e. The van der Waals surface area contributed by atoms with E-state index in [2.05, 4.69) is 60.3 Å². The van der Waals surface area contributed by atoms with Gasteiger partial charge in [-0.15, -0.1) is 0 Å². The van der Waals surface area contributed by atoms with Gasteiger partial charge >= 0.3 is 0 Å². The third-order valence-corrected chi connectivity index (χ3v) is 4.73. The Bertz CT molecular complexity index is 636. The van der Waals surface area contributed by atoms with E-state index in [1.54, 1.807) is 0 Å². The number of hydrogen-bond acceptors (Lipinski definition) is 3. The quantitative estimate of drug-likeness (QED) is 0.914. The number of likely N-dealkylation sites (tertiary alicyclic amines) is 1. The summed E-state index contributed by atoms with van der Waals surface area (Å²) in [6.45, 7) is 2.24. The fourth-order valence-corrected chi connectivity index (χ4v) is 3.39. The molecular formula is C20H26N2O. The molecule has 0 spiro atoms. The zero-order valence-corrected chi connectivity index (χ0v) is 14.1. The second-order valence-electron chi connectivity index (χ2n) is 6.59. The molecule has 0 saturated carbocycles. The van der Waals surface area contributed by atoms with E-state index in [-0.39, 0.29) is 6.61 Å². The van der Waals surface area contributed by atoms with Gasteiger partial charge in [-0.2, -0.15) is 0 Å². The van der Waals surface area contributed by atoms with Gasteiger partial charge in [0.2, 0.25) is 0 Å². The molecule has 0 radical (unpaired) electrons. The van der Waals surface area contributed by atoms with Crippen LogP contribution in [-0.4, -0.2) is 30.6 Å². The van der Waals surface area contributed by atoms with Crippen LogP contribution < -0.4 is 4.90 Å². The Balaban J connectivity index is 1.75. The minimum absolute atomic E-state index is 0.115. The molecule has 1 aliphatic rings. The molecule has 0 bridgehead atoms. The molecular weight excluding hydrogens is 284 g/mol. The zero-order valence-electron chi connectivity index (χ0n) is 14.1. The zero-order chi connectivity index (χ0) is 16.2. The van der Waals surface area contributed by atoms with Crippen molar-refractivity contribution in [3.63, 3.8) is 0 Å². The Hall–Kier alpha value is -1.84. The van der Waals surface area contributed by atoms with Crippen molar-refractivity contribution >= 4 is 5.69 Å². The van der Waals surface area contributed by atoms with Crippen molar-refractivity contribution in [1.82, 2.24) is 4.90 Å². The van der Waals surface area contributed by atoms with Crippen molar-refractivity contribution in [1.29, 1.82) is 0 Å². The molecule has 0 amide bonds. The molecule has 2 aromatic rings. The van der Waals surface area contributed by atoms with Crippen molar-refractivity contribution in [3.8, 4) is 0 Å². The molecule has 23 heavy (non-hydrogen) atoms. The van der Waals surface area contributed by atoms with E-state index in [0.29, 0.717) is 6.04 Å². The second-order valence-corrected chi connectivity index (χ2v) is 6.59. The van der Waals surface area contributed by atoms with Crippen LogP contribution in [0.15, 0.2) is 48.5 Å². The monoisotopic (exact) mass is 310 g/mol. The Kier molecular flexibility index (Phi) is 4.99. The van der Waals surface area contributed by atoms with Gasteiger partial charge in [0.15, 0.2) is 0 Å². The lowest BCUT2D eigenvalue weighted by molar-refractivity contribution is 0.248. The summed E-state index contributed by atoms with van der Waals surface area (Å²) in [6, 6.07) is 17.7. The summed E-state index contributed by atoms with van der Waals surface area (Å²) in [4.78, 5) is 4.74. The highest BCUT2D eigenvalue weighted by atomic mass is 16.3. The van der Waals surface area contributed by atoms with Gasteiger partial charge in [-0.3, -0.25) is 4.90 Å². The van der Waals surface area contributed by atoms with Gasteiger partial charge in [-0.25, -0.2) is 0 Å². The van der Waals surface area contributed by atoms with E-state index in [9.17, 15) is 0 Å². The lowest BCUT2D eigenvalue weighted by Gasteiger charge is -2.26. The third kappa shape index (κ3) is 3.74. The normalized spacial score (nSPS) is 18.3. The van der Waals surface area contributed by atoms with Crippen molar-refractivity contribution in [3.05, 3.63) is 65.2 Å². The van der Waals surface area contributed by atoms with E-state index in [0.717, 1.165) is 18.7 Å². The first-order valence-corrected chi connectivity index (χ1v) is 8.37. The summed E-state index contributed by atoms with van der Waals surface area (Å²) in [5, 5.41) is 9.16. The van der Waals surface area contributed by atoms with Crippen LogP contribution in [0.2, 0.25) is 0 Å². The number of aliphatic hydroxyl groups is 1. The van der Waals surface area contributed by atoms with E-state index in [1.165, 1.54) is 29.7 Å². The van der Waals surface area contributed by atoms with Crippen molar-refractivity contribution in [2.75, 3.05) is 25.5 Å². The number of rotatable bonds is 5. The molecule has 1 N–H and O–H groups in total. The van der Waals surface area contributed by atoms with Crippen LogP contribution in [-0.2, 0) is 13.2 Å².